The van der Waals surface area contributed by atoms with Crippen molar-refractivity contribution in [1.29, 1.82) is 0 Å². The molecule has 4 aliphatic carbocycles. The predicted molar refractivity (Wildman–Crippen MR) is 133 cm³/mol. The molecule has 0 radical (unpaired) electrons. The van der Waals surface area contributed by atoms with Gasteiger partial charge in [0.25, 0.3) is 5.91 Å². The molecule has 7 rings (SSSR count). The quantitative estimate of drug-likeness (QED) is 0.594. The van der Waals surface area contributed by atoms with E-state index in [1.165, 1.54) is 55.9 Å². The van der Waals surface area contributed by atoms with Gasteiger partial charge in [0.05, 0.1) is 11.3 Å². The first-order valence-electron chi connectivity index (χ1n) is 12.5. The number of para-hydroxylation sites is 1. The zero-order valence-electron chi connectivity index (χ0n) is 19.1. The smallest absolute Gasteiger partial charge is 0.252 e. The molecule has 0 unspecified atom stereocenters. The Morgan fingerprint density at radius 2 is 1.61 bits per heavy atom. The highest BCUT2D eigenvalue weighted by atomic mass is 32.2. The Labute approximate surface area is 200 Å². The number of thioether (sulfide) groups is 1. The van der Waals surface area contributed by atoms with Crippen LogP contribution < -0.4 is 10.2 Å². The van der Waals surface area contributed by atoms with Gasteiger partial charge < -0.3 is 10.2 Å². The fraction of sp³-hybridized carbons (Fsp3) is 0.500. The second kappa shape index (κ2) is 8.50. The first kappa shape index (κ1) is 21.3. The Kier molecular flexibility index (Phi) is 5.48. The zero-order chi connectivity index (χ0) is 22.4. The Morgan fingerprint density at radius 3 is 2.36 bits per heavy atom. The normalized spacial score (nSPS) is 29.2. The van der Waals surface area contributed by atoms with Gasteiger partial charge in [-0.3, -0.25) is 9.59 Å². The fourth-order valence-corrected chi connectivity index (χ4v) is 8.39. The summed E-state index contributed by atoms with van der Waals surface area (Å²) in [5.41, 5.74) is 3.29. The van der Waals surface area contributed by atoms with Crippen LogP contribution in [0.5, 0.6) is 0 Å². The number of fused-ring (bicyclic) bond motifs is 1. The summed E-state index contributed by atoms with van der Waals surface area (Å²) in [4.78, 5) is 28.9. The van der Waals surface area contributed by atoms with Gasteiger partial charge in [-0.15, -0.1) is 11.8 Å². The van der Waals surface area contributed by atoms with E-state index in [1.807, 2.05) is 47.4 Å². The van der Waals surface area contributed by atoms with E-state index in [2.05, 4.69) is 11.4 Å². The van der Waals surface area contributed by atoms with Crippen LogP contribution in [0.3, 0.4) is 0 Å². The van der Waals surface area contributed by atoms with Gasteiger partial charge in [-0.1, -0.05) is 30.3 Å². The van der Waals surface area contributed by atoms with Gasteiger partial charge in [0.2, 0.25) is 5.91 Å². The first-order valence-corrected chi connectivity index (χ1v) is 13.5. The maximum absolute atomic E-state index is 13.2. The third kappa shape index (κ3) is 4.09. The number of amides is 2. The van der Waals surface area contributed by atoms with E-state index in [1.54, 1.807) is 0 Å². The van der Waals surface area contributed by atoms with Crippen LogP contribution in [0.4, 0.5) is 5.69 Å². The molecule has 0 aromatic heterocycles. The fourth-order valence-electron chi connectivity index (χ4n) is 7.46. The average molecular weight is 461 g/mol. The van der Waals surface area contributed by atoms with E-state index < -0.39 is 0 Å². The predicted octanol–water partition coefficient (Wildman–Crippen LogP) is 5.31. The molecule has 1 aliphatic heterocycles. The van der Waals surface area contributed by atoms with Gasteiger partial charge in [-0.25, -0.2) is 0 Å². The second-order valence-electron chi connectivity index (χ2n) is 10.8. The molecule has 4 fully saturated rings. The van der Waals surface area contributed by atoms with E-state index >= 15 is 0 Å². The first-order chi connectivity index (χ1) is 16.1. The minimum atomic E-state index is 0.00723. The molecular weight excluding hydrogens is 428 g/mol. The van der Waals surface area contributed by atoms with E-state index in [0.29, 0.717) is 16.7 Å². The lowest BCUT2D eigenvalue weighted by atomic mass is 9.49. The molecule has 0 atom stereocenters. The van der Waals surface area contributed by atoms with Gasteiger partial charge in [0, 0.05) is 23.7 Å². The lowest BCUT2D eigenvalue weighted by Gasteiger charge is -2.56. The Bertz CT molecular complexity index is 1050. The van der Waals surface area contributed by atoms with Crippen molar-refractivity contribution < 1.29 is 9.59 Å². The summed E-state index contributed by atoms with van der Waals surface area (Å²) in [6, 6.07) is 15.9. The molecular formula is C28H32N2O2S. The van der Waals surface area contributed by atoms with Gasteiger partial charge >= 0.3 is 0 Å². The van der Waals surface area contributed by atoms with Crippen molar-refractivity contribution in [3.8, 4) is 0 Å². The minimum Gasteiger partial charge on any atom is -0.351 e. The van der Waals surface area contributed by atoms with Crippen LogP contribution in [0.15, 0.2) is 53.4 Å². The van der Waals surface area contributed by atoms with Gasteiger partial charge in [-0.05, 0) is 91.9 Å². The number of hydrogen-bond donors (Lipinski definition) is 1. The van der Waals surface area contributed by atoms with Crippen molar-refractivity contribution in [2.24, 2.45) is 23.2 Å². The Hall–Kier alpha value is -2.27. The Balaban J connectivity index is 1.10. The monoisotopic (exact) mass is 460 g/mol. The van der Waals surface area contributed by atoms with E-state index in [9.17, 15) is 9.59 Å². The Morgan fingerprint density at radius 1 is 0.939 bits per heavy atom. The molecule has 5 heteroatoms. The van der Waals surface area contributed by atoms with Crippen molar-refractivity contribution in [1.82, 2.24) is 5.32 Å². The van der Waals surface area contributed by atoms with Crippen LogP contribution in [-0.4, -0.2) is 30.7 Å². The van der Waals surface area contributed by atoms with E-state index in [0.717, 1.165) is 47.8 Å². The molecule has 0 spiro atoms. The summed E-state index contributed by atoms with van der Waals surface area (Å²) in [5.74, 6) is 3.11. The average Bonchev–Trinajstić information content (AvgIpc) is 3.25. The van der Waals surface area contributed by atoms with Crippen LogP contribution in [0.2, 0.25) is 0 Å². The molecule has 5 aliphatic rings. The number of nitrogens with one attached hydrogen (secondary N) is 1. The van der Waals surface area contributed by atoms with Crippen LogP contribution in [-0.2, 0) is 11.2 Å². The molecule has 4 nitrogen and oxygen atoms in total. The van der Waals surface area contributed by atoms with Crippen molar-refractivity contribution in [2.45, 2.75) is 49.8 Å². The lowest BCUT2D eigenvalue weighted by molar-refractivity contribution is -0.116. The summed E-state index contributed by atoms with van der Waals surface area (Å²) in [6.07, 6.45) is 9.05. The molecule has 2 aromatic carbocycles. The topological polar surface area (TPSA) is 49.4 Å². The van der Waals surface area contributed by atoms with Gasteiger partial charge in [0.1, 0.15) is 0 Å². The number of rotatable bonds is 6. The summed E-state index contributed by atoms with van der Waals surface area (Å²) >= 11 is 1.48. The molecule has 172 valence electrons. The molecule has 1 heterocycles. The minimum absolute atomic E-state index is 0.00723. The molecule has 33 heavy (non-hydrogen) atoms. The second-order valence-corrected chi connectivity index (χ2v) is 11.8. The highest BCUT2D eigenvalue weighted by Gasteiger charge is 2.50. The SMILES string of the molecule is O=C(NCC12CC3CC(CC(C3)C1)C2)c1ccccc1SCC(=O)N1CCc2ccccc21. The molecule has 2 amide bonds. The highest BCUT2D eigenvalue weighted by molar-refractivity contribution is 8.00. The van der Waals surface area contributed by atoms with Crippen molar-refractivity contribution >= 4 is 29.3 Å². The number of nitrogens with zero attached hydrogens (tertiary/aromatic N) is 1. The summed E-state index contributed by atoms with van der Waals surface area (Å²) in [7, 11) is 0. The number of hydrogen-bond acceptors (Lipinski definition) is 3. The molecule has 4 saturated carbocycles. The third-order valence-electron chi connectivity index (χ3n) is 8.46. The van der Waals surface area contributed by atoms with Crippen molar-refractivity contribution in [3.63, 3.8) is 0 Å². The lowest BCUT2D eigenvalue weighted by Crippen LogP contribution is -2.51. The third-order valence-corrected chi connectivity index (χ3v) is 9.52. The number of carbonyl (C=O) groups excluding carboxylic acids is 2. The molecule has 0 saturated heterocycles. The summed E-state index contributed by atoms with van der Waals surface area (Å²) in [6.45, 7) is 1.55. The van der Waals surface area contributed by atoms with Crippen LogP contribution in [0, 0.1) is 23.2 Å². The van der Waals surface area contributed by atoms with E-state index in [-0.39, 0.29) is 11.8 Å². The molecule has 1 N–H and O–H groups in total. The number of anilines is 1. The molecule has 2 aromatic rings. The highest BCUT2D eigenvalue weighted by Crippen LogP contribution is 2.59. The standard InChI is InChI=1S/C28H32N2O2S/c31-26(30-10-9-22-5-1-3-7-24(22)30)17-33-25-8-4-2-6-23(25)27(32)29-18-28-14-19-11-20(15-28)13-21(12-19)16-28/h1-8,19-21H,9-18H2,(H,29,32). The summed E-state index contributed by atoms with van der Waals surface area (Å²) < 4.78 is 0. The van der Waals surface area contributed by atoms with Crippen LogP contribution >= 0.6 is 11.8 Å². The largest absolute Gasteiger partial charge is 0.351 e. The molecule has 4 bridgehead atoms. The summed E-state index contributed by atoms with van der Waals surface area (Å²) in [5, 5.41) is 3.30. The van der Waals surface area contributed by atoms with Crippen molar-refractivity contribution in [2.75, 3.05) is 23.7 Å². The van der Waals surface area contributed by atoms with Gasteiger partial charge in [-0.2, -0.15) is 0 Å². The zero-order valence-corrected chi connectivity index (χ0v) is 19.9. The van der Waals surface area contributed by atoms with E-state index in [4.69, 9.17) is 0 Å². The maximum atomic E-state index is 13.2. The van der Waals surface area contributed by atoms with Crippen molar-refractivity contribution in [3.05, 3.63) is 59.7 Å². The number of carbonyl (C=O) groups is 2. The van der Waals surface area contributed by atoms with Gasteiger partial charge in [0.15, 0.2) is 0 Å². The van der Waals surface area contributed by atoms with Crippen LogP contribution in [0.1, 0.15) is 54.4 Å². The number of benzene rings is 2. The van der Waals surface area contributed by atoms with Crippen LogP contribution in [0.25, 0.3) is 0 Å². The maximum Gasteiger partial charge on any atom is 0.252 e.